The molecule has 1 heterocycles. The van der Waals surface area contributed by atoms with Crippen molar-refractivity contribution in [3.63, 3.8) is 0 Å². The van der Waals surface area contributed by atoms with Crippen molar-refractivity contribution in [1.82, 2.24) is 0 Å². The van der Waals surface area contributed by atoms with Crippen LogP contribution in [0.1, 0.15) is 33.1 Å². The van der Waals surface area contributed by atoms with Gasteiger partial charge in [0.05, 0.1) is 5.60 Å². The molecule has 8 heavy (non-hydrogen) atoms. The molecule has 0 unspecified atom stereocenters. The Labute approximate surface area is 51.0 Å². The number of hydrogen-bond donors (Lipinski definition) is 0. The van der Waals surface area contributed by atoms with Gasteiger partial charge < -0.3 is 4.74 Å². The fourth-order valence-corrected chi connectivity index (χ4v) is 1.07. The molecule has 1 nitrogen and oxygen atoms in total. The molecule has 0 saturated carbocycles. The first-order valence-electron chi connectivity index (χ1n) is 3.35. The van der Waals surface area contributed by atoms with Crippen LogP contribution >= 0.6 is 0 Å². The Bertz CT molecular complexity index is 68.5. The largest absolute Gasteiger partial charge is 0.376 e. The summed E-state index contributed by atoms with van der Waals surface area (Å²) >= 11 is 0. The van der Waals surface area contributed by atoms with Crippen LogP contribution in [0.4, 0.5) is 0 Å². The van der Waals surface area contributed by atoms with Gasteiger partial charge in [-0.1, -0.05) is 0 Å². The van der Waals surface area contributed by atoms with E-state index in [2.05, 4.69) is 13.8 Å². The Hall–Kier alpha value is -0.0400. The topological polar surface area (TPSA) is 9.23 Å². The van der Waals surface area contributed by atoms with E-state index in [9.17, 15) is 0 Å². The Kier molecular flexibility index (Phi) is 1.57. The summed E-state index contributed by atoms with van der Waals surface area (Å²) in [5, 5.41) is 0. The van der Waals surface area contributed by atoms with E-state index >= 15 is 0 Å². The van der Waals surface area contributed by atoms with Gasteiger partial charge in [0.15, 0.2) is 0 Å². The number of hydrogen-bond acceptors (Lipinski definition) is 1. The zero-order chi connectivity index (χ0) is 6.04. The number of rotatable bonds is 0. The highest BCUT2D eigenvalue weighted by Crippen LogP contribution is 2.22. The predicted octanol–water partition coefficient (Wildman–Crippen LogP) is 1.97. The van der Waals surface area contributed by atoms with Gasteiger partial charge in [0.1, 0.15) is 0 Å². The van der Waals surface area contributed by atoms with Gasteiger partial charge in [0.25, 0.3) is 0 Å². The summed E-state index contributed by atoms with van der Waals surface area (Å²) < 4.78 is 5.47. The summed E-state index contributed by atoms with van der Waals surface area (Å²) in [4.78, 5) is 0. The molecule has 1 rings (SSSR count). The minimum atomic E-state index is 0.179. The van der Waals surface area contributed by atoms with Crippen molar-refractivity contribution in [3.05, 3.63) is 0 Å². The Morgan fingerprint density at radius 1 is 1.25 bits per heavy atom. The third kappa shape index (κ3) is 1.48. The Balaban J connectivity index is 2.33. The van der Waals surface area contributed by atoms with Crippen LogP contribution in [0.3, 0.4) is 0 Å². The molecular weight excluding hydrogens is 100 g/mol. The Morgan fingerprint density at radius 2 is 2.00 bits per heavy atom. The molecule has 0 spiro atoms. The monoisotopic (exact) mass is 114 g/mol. The van der Waals surface area contributed by atoms with Gasteiger partial charge in [-0.05, 0) is 33.1 Å². The molecular formula is C7H14O. The minimum absolute atomic E-state index is 0.179. The van der Waals surface area contributed by atoms with Crippen LogP contribution in [0.25, 0.3) is 0 Å². The van der Waals surface area contributed by atoms with E-state index in [0.29, 0.717) is 0 Å². The van der Waals surface area contributed by atoms with Crippen LogP contribution in [0, 0.1) is 0 Å². The average molecular weight is 114 g/mol. The maximum absolute atomic E-state index is 5.47. The molecule has 1 fully saturated rings. The quantitative estimate of drug-likeness (QED) is 0.468. The second kappa shape index (κ2) is 2.06. The summed E-state index contributed by atoms with van der Waals surface area (Å²) in [5.41, 5.74) is 0.179. The van der Waals surface area contributed by atoms with E-state index in [1.54, 1.807) is 0 Å². The van der Waals surface area contributed by atoms with Gasteiger partial charge in [-0.3, -0.25) is 0 Å². The zero-order valence-corrected chi connectivity index (χ0v) is 5.74. The van der Waals surface area contributed by atoms with Crippen LogP contribution in [-0.4, -0.2) is 12.2 Å². The molecule has 1 heteroatoms. The van der Waals surface area contributed by atoms with Crippen molar-refractivity contribution >= 4 is 0 Å². The normalized spacial score (nSPS) is 27.8. The highest BCUT2D eigenvalue weighted by Gasteiger charge is 2.20. The van der Waals surface area contributed by atoms with E-state index in [1.807, 2.05) is 0 Å². The second-order valence-corrected chi connectivity index (χ2v) is 3.07. The van der Waals surface area contributed by atoms with Crippen molar-refractivity contribution in [2.75, 3.05) is 6.61 Å². The molecule has 0 bridgehead atoms. The summed E-state index contributed by atoms with van der Waals surface area (Å²) in [6, 6.07) is 0. The van der Waals surface area contributed by atoms with E-state index in [0.717, 1.165) is 6.61 Å². The molecule has 0 N–H and O–H groups in total. The maximum atomic E-state index is 5.47. The fraction of sp³-hybridized carbons (Fsp3) is 1.00. The summed E-state index contributed by atoms with van der Waals surface area (Å²) in [6.07, 6.45) is 3.82. The van der Waals surface area contributed by atoms with E-state index in [-0.39, 0.29) is 5.60 Å². The molecule has 1 aliphatic rings. The molecule has 1 aliphatic heterocycles. The van der Waals surface area contributed by atoms with Crippen molar-refractivity contribution < 1.29 is 4.74 Å². The fourth-order valence-electron chi connectivity index (χ4n) is 1.07. The lowest BCUT2D eigenvalue weighted by Crippen LogP contribution is -2.28. The Morgan fingerprint density at radius 3 is 2.25 bits per heavy atom. The lowest BCUT2D eigenvalue weighted by atomic mass is 9.99. The van der Waals surface area contributed by atoms with Crippen LogP contribution < -0.4 is 0 Å². The minimum Gasteiger partial charge on any atom is -0.376 e. The van der Waals surface area contributed by atoms with Crippen LogP contribution in [0.2, 0.25) is 0 Å². The van der Waals surface area contributed by atoms with Crippen molar-refractivity contribution in [1.29, 1.82) is 0 Å². The molecule has 0 amide bonds. The van der Waals surface area contributed by atoms with Gasteiger partial charge in [0, 0.05) is 6.61 Å². The molecule has 48 valence electrons. The predicted molar refractivity (Wildman–Crippen MR) is 33.9 cm³/mol. The zero-order valence-electron chi connectivity index (χ0n) is 5.74. The molecule has 0 aromatic heterocycles. The number of ether oxygens (including phenoxy) is 1. The van der Waals surface area contributed by atoms with Gasteiger partial charge in [-0.2, -0.15) is 0 Å². The van der Waals surface area contributed by atoms with Crippen LogP contribution in [-0.2, 0) is 4.74 Å². The third-order valence-corrected chi connectivity index (χ3v) is 1.67. The summed E-state index contributed by atoms with van der Waals surface area (Å²) in [6.45, 7) is 5.28. The molecule has 0 aliphatic carbocycles. The first-order valence-corrected chi connectivity index (χ1v) is 3.35. The second-order valence-electron chi connectivity index (χ2n) is 3.07. The first kappa shape index (κ1) is 6.09. The molecule has 0 aromatic carbocycles. The molecule has 0 atom stereocenters. The van der Waals surface area contributed by atoms with Gasteiger partial charge in [-0.15, -0.1) is 0 Å². The van der Waals surface area contributed by atoms with E-state index in [4.69, 9.17) is 4.74 Å². The molecule has 1 saturated heterocycles. The van der Waals surface area contributed by atoms with E-state index < -0.39 is 0 Å². The lowest BCUT2D eigenvalue weighted by molar-refractivity contribution is -0.0511. The maximum Gasteiger partial charge on any atom is 0.0626 e. The van der Waals surface area contributed by atoms with Crippen LogP contribution in [0.5, 0.6) is 0 Å². The van der Waals surface area contributed by atoms with Gasteiger partial charge >= 0.3 is 0 Å². The molecule has 0 aromatic rings. The van der Waals surface area contributed by atoms with Crippen molar-refractivity contribution in [3.8, 4) is 0 Å². The van der Waals surface area contributed by atoms with Gasteiger partial charge in [0.2, 0.25) is 0 Å². The van der Waals surface area contributed by atoms with Crippen LogP contribution in [0.15, 0.2) is 0 Å². The third-order valence-electron chi connectivity index (χ3n) is 1.67. The smallest absolute Gasteiger partial charge is 0.0626 e. The first-order chi connectivity index (χ1) is 3.71. The summed E-state index contributed by atoms with van der Waals surface area (Å²) in [5.74, 6) is 0. The standard InChI is InChI=1S/C7H14O/c1-7(2)5-3-4-6-8-7/h3-6H2,1-2H3. The van der Waals surface area contributed by atoms with Gasteiger partial charge in [-0.25, -0.2) is 0 Å². The summed E-state index contributed by atoms with van der Waals surface area (Å²) in [7, 11) is 0. The molecule has 0 radical (unpaired) electrons. The van der Waals surface area contributed by atoms with E-state index in [1.165, 1.54) is 19.3 Å². The lowest BCUT2D eigenvalue weighted by Gasteiger charge is -2.29. The highest BCUT2D eigenvalue weighted by molar-refractivity contribution is 4.71. The SMILES string of the molecule is CC1(C)CCCCO1. The van der Waals surface area contributed by atoms with Crippen molar-refractivity contribution in [2.45, 2.75) is 38.7 Å². The highest BCUT2D eigenvalue weighted by atomic mass is 16.5. The average Bonchev–Trinajstić information content (AvgIpc) is 1.65. The van der Waals surface area contributed by atoms with Crippen molar-refractivity contribution in [2.24, 2.45) is 0 Å².